The molecule has 0 fully saturated rings. The van der Waals surface area contributed by atoms with Gasteiger partial charge in [-0.25, -0.2) is 5.10 Å². The molecular weight excluding hydrogens is 222 g/mol. The maximum absolute atomic E-state index is 11.3. The van der Waals surface area contributed by atoms with E-state index in [1.807, 2.05) is 13.8 Å². The molecule has 0 radical (unpaired) electrons. The molecule has 94 valence electrons. The van der Waals surface area contributed by atoms with E-state index in [1.54, 1.807) is 0 Å². The van der Waals surface area contributed by atoms with E-state index >= 15 is 0 Å². The van der Waals surface area contributed by atoms with Crippen LogP contribution in [-0.2, 0) is 9.59 Å². The van der Waals surface area contributed by atoms with Gasteiger partial charge in [0, 0.05) is 12.8 Å². The second kappa shape index (κ2) is 6.62. The Kier molecular flexibility index (Phi) is 5.12. The average molecular weight is 239 g/mol. The molecule has 0 aromatic carbocycles. The normalized spacial score (nSPS) is 10.0. The monoisotopic (exact) mass is 239 g/mol. The van der Waals surface area contributed by atoms with Crippen LogP contribution in [0.4, 0.5) is 11.9 Å². The fraction of sp³-hybridized carbons (Fsp3) is 0.600. The minimum absolute atomic E-state index is 0.130. The fourth-order valence-electron chi connectivity index (χ4n) is 1.21. The molecule has 2 amide bonds. The summed E-state index contributed by atoms with van der Waals surface area (Å²) in [6.07, 6.45) is 2.38. The number of hydrogen-bond acceptors (Lipinski definition) is 4. The molecular formula is C10H17N5O2. The van der Waals surface area contributed by atoms with Gasteiger partial charge in [-0.05, 0) is 12.8 Å². The molecule has 7 heteroatoms. The number of aromatic nitrogens is 3. The van der Waals surface area contributed by atoms with Crippen molar-refractivity contribution < 1.29 is 9.59 Å². The lowest BCUT2D eigenvalue weighted by Crippen LogP contribution is -2.13. The van der Waals surface area contributed by atoms with Crippen molar-refractivity contribution in [1.29, 1.82) is 0 Å². The van der Waals surface area contributed by atoms with Crippen molar-refractivity contribution in [2.75, 3.05) is 10.6 Å². The van der Waals surface area contributed by atoms with Crippen molar-refractivity contribution in [3.8, 4) is 0 Å². The van der Waals surface area contributed by atoms with Crippen molar-refractivity contribution in [1.82, 2.24) is 15.2 Å². The smallest absolute Gasteiger partial charge is 0.250 e. The number of anilines is 2. The van der Waals surface area contributed by atoms with Crippen LogP contribution in [-0.4, -0.2) is 27.0 Å². The first-order valence-corrected chi connectivity index (χ1v) is 5.67. The standard InChI is InChI=1S/C10H17N5O2/c1-3-5-7(16)11-9-13-10(15-14-9)12-8(17)6-4-2/h3-6H2,1-2H3,(H3,11,12,13,14,15,16,17). The molecule has 0 spiro atoms. The molecule has 0 aliphatic rings. The van der Waals surface area contributed by atoms with Gasteiger partial charge in [0.1, 0.15) is 0 Å². The van der Waals surface area contributed by atoms with Crippen molar-refractivity contribution in [2.24, 2.45) is 0 Å². The van der Waals surface area contributed by atoms with Gasteiger partial charge in [0.15, 0.2) is 0 Å². The van der Waals surface area contributed by atoms with Crippen molar-refractivity contribution in [3.63, 3.8) is 0 Å². The van der Waals surface area contributed by atoms with E-state index < -0.39 is 0 Å². The summed E-state index contributed by atoms with van der Waals surface area (Å²) in [4.78, 5) is 26.4. The Morgan fingerprint density at radius 2 is 1.71 bits per heavy atom. The molecule has 0 saturated carbocycles. The number of aromatic amines is 1. The van der Waals surface area contributed by atoms with E-state index in [4.69, 9.17) is 0 Å². The summed E-state index contributed by atoms with van der Waals surface area (Å²) in [5, 5.41) is 11.4. The summed E-state index contributed by atoms with van der Waals surface area (Å²) in [6, 6.07) is 0. The molecule has 1 rings (SSSR count). The van der Waals surface area contributed by atoms with E-state index in [9.17, 15) is 9.59 Å². The highest BCUT2D eigenvalue weighted by molar-refractivity contribution is 5.90. The molecule has 1 aromatic rings. The number of rotatable bonds is 6. The lowest BCUT2D eigenvalue weighted by Gasteiger charge is -1.98. The van der Waals surface area contributed by atoms with Gasteiger partial charge in [0.05, 0.1) is 0 Å². The Labute approximate surface area is 99.4 Å². The van der Waals surface area contributed by atoms with Crippen LogP contribution >= 0.6 is 0 Å². The quantitative estimate of drug-likeness (QED) is 0.696. The fourth-order valence-corrected chi connectivity index (χ4v) is 1.21. The van der Waals surface area contributed by atoms with Gasteiger partial charge in [-0.1, -0.05) is 13.8 Å². The molecule has 0 aliphatic carbocycles. The van der Waals surface area contributed by atoms with Gasteiger partial charge in [-0.3, -0.25) is 20.2 Å². The van der Waals surface area contributed by atoms with E-state index in [2.05, 4.69) is 25.8 Å². The first kappa shape index (κ1) is 13.1. The maximum atomic E-state index is 11.3. The molecule has 7 nitrogen and oxygen atoms in total. The third kappa shape index (κ3) is 4.62. The first-order chi connectivity index (χ1) is 8.15. The van der Waals surface area contributed by atoms with Crippen LogP contribution in [0.5, 0.6) is 0 Å². The van der Waals surface area contributed by atoms with Gasteiger partial charge in [0.25, 0.3) is 0 Å². The third-order valence-corrected chi connectivity index (χ3v) is 1.95. The van der Waals surface area contributed by atoms with Gasteiger partial charge in [0.2, 0.25) is 23.7 Å². The van der Waals surface area contributed by atoms with Gasteiger partial charge >= 0.3 is 0 Å². The van der Waals surface area contributed by atoms with E-state index in [0.717, 1.165) is 12.8 Å². The van der Waals surface area contributed by atoms with Crippen LogP contribution in [0, 0.1) is 0 Å². The zero-order valence-corrected chi connectivity index (χ0v) is 10.0. The van der Waals surface area contributed by atoms with Crippen LogP contribution in [0.15, 0.2) is 0 Å². The summed E-state index contributed by atoms with van der Waals surface area (Å²) in [5.41, 5.74) is 0. The van der Waals surface area contributed by atoms with Crippen LogP contribution in [0.3, 0.4) is 0 Å². The lowest BCUT2D eigenvalue weighted by atomic mass is 10.3. The number of nitrogens with one attached hydrogen (secondary N) is 3. The van der Waals surface area contributed by atoms with E-state index in [-0.39, 0.29) is 23.7 Å². The predicted molar refractivity (Wildman–Crippen MR) is 63.5 cm³/mol. The van der Waals surface area contributed by atoms with Gasteiger partial charge in [-0.15, -0.1) is 5.10 Å². The lowest BCUT2D eigenvalue weighted by molar-refractivity contribution is -0.117. The van der Waals surface area contributed by atoms with Crippen LogP contribution in [0.2, 0.25) is 0 Å². The zero-order valence-electron chi connectivity index (χ0n) is 10.0. The number of amides is 2. The van der Waals surface area contributed by atoms with Gasteiger partial charge < -0.3 is 0 Å². The molecule has 0 saturated heterocycles. The highest BCUT2D eigenvalue weighted by Crippen LogP contribution is 2.05. The van der Waals surface area contributed by atoms with Crippen LogP contribution in [0.25, 0.3) is 0 Å². The Morgan fingerprint density at radius 1 is 1.12 bits per heavy atom. The van der Waals surface area contributed by atoms with Crippen molar-refractivity contribution in [3.05, 3.63) is 0 Å². The molecule has 3 N–H and O–H groups in total. The second-order valence-corrected chi connectivity index (χ2v) is 3.60. The summed E-state index contributed by atoms with van der Waals surface area (Å²) < 4.78 is 0. The predicted octanol–water partition coefficient (Wildman–Crippen LogP) is 1.28. The first-order valence-electron chi connectivity index (χ1n) is 5.67. The topological polar surface area (TPSA) is 99.8 Å². The van der Waals surface area contributed by atoms with Gasteiger partial charge in [-0.2, -0.15) is 4.98 Å². The second-order valence-electron chi connectivity index (χ2n) is 3.60. The number of nitrogens with zero attached hydrogens (tertiary/aromatic N) is 2. The van der Waals surface area contributed by atoms with E-state index in [0.29, 0.717) is 12.8 Å². The summed E-state index contributed by atoms with van der Waals surface area (Å²) in [5.74, 6) is 0.151. The molecule has 0 bridgehead atoms. The van der Waals surface area contributed by atoms with Crippen molar-refractivity contribution in [2.45, 2.75) is 39.5 Å². The summed E-state index contributed by atoms with van der Waals surface area (Å²) >= 11 is 0. The van der Waals surface area contributed by atoms with Crippen LogP contribution in [0.1, 0.15) is 39.5 Å². The van der Waals surface area contributed by atoms with Crippen molar-refractivity contribution >= 4 is 23.7 Å². The summed E-state index contributed by atoms with van der Waals surface area (Å²) in [7, 11) is 0. The molecule has 0 unspecified atom stereocenters. The average Bonchev–Trinajstić information content (AvgIpc) is 2.66. The molecule has 17 heavy (non-hydrogen) atoms. The third-order valence-electron chi connectivity index (χ3n) is 1.95. The number of hydrogen-bond donors (Lipinski definition) is 3. The Hall–Kier alpha value is -1.92. The summed E-state index contributed by atoms with van der Waals surface area (Å²) in [6.45, 7) is 3.82. The molecule has 1 aromatic heterocycles. The van der Waals surface area contributed by atoms with Crippen LogP contribution < -0.4 is 10.6 Å². The minimum Gasteiger partial charge on any atom is -0.295 e. The molecule has 1 heterocycles. The molecule has 0 atom stereocenters. The maximum Gasteiger partial charge on any atom is 0.250 e. The minimum atomic E-state index is -0.141. The Balaban J connectivity index is 2.47. The molecule has 0 aliphatic heterocycles. The number of H-pyrrole nitrogens is 1. The Bertz CT molecular complexity index is 353. The number of carbonyl (C=O) groups is 2. The number of carbonyl (C=O) groups excluding carboxylic acids is 2. The zero-order chi connectivity index (χ0) is 12.7. The highest BCUT2D eigenvalue weighted by Gasteiger charge is 2.08. The van der Waals surface area contributed by atoms with E-state index in [1.165, 1.54) is 0 Å². The highest BCUT2D eigenvalue weighted by atomic mass is 16.2. The largest absolute Gasteiger partial charge is 0.295 e. The Morgan fingerprint density at radius 3 is 2.29 bits per heavy atom. The SMILES string of the molecule is CCCC(=O)Nc1n[nH]c(NC(=O)CCC)n1.